The first-order valence-electron chi connectivity index (χ1n) is 10.4. The molecule has 1 amide bonds. The molecule has 0 aliphatic carbocycles. The van der Waals surface area contributed by atoms with Crippen LogP contribution < -0.4 is 10.1 Å². The van der Waals surface area contributed by atoms with Crippen LogP contribution in [0.3, 0.4) is 0 Å². The van der Waals surface area contributed by atoms with E-state index in [-0.39, 0.29) is 5.91 Å². The lowest BCUT2D eigenvalue weighted by atomic mass is 10.1. The van der Waals surface area contributed by atoms with Crippen LogP contribution in [0.1, 0.15) is 18.4 Å². The van der Waals surface area contributed by atoms with Crippen molar-refractivity contribution >= 4 is 11.7 Å². The number of carbonyl (C=O) groups is 1. The Hall–Kier alpha value is -3.86. The summed E-state index contributed by atoms with van der Waals surface area (Å²) in [6.45, 7) is 2.55. The number of benzene rings is 3. The van der Waals surface area contributed by atoms with E-state index in [9.17, 15) is 4.79 Å². The molecule has 0 spiro atoms. The van der Waals surface area contributed by atoms with Gasteiger partial charge in [0.2, 0.25) is 5.91 Å². The molecule has 0 saturated heterocycles. The summed E-state index contributed by atoms with van der Waals surface area (Å²) in [5.41, 5.74) is 3.90. The predicted molar refractivity (Wildman–Crippen MR) is 124 cm³/mol. The molecule has 1 aromatic heterocycles. The van der Waals surface area contributed by atoms with E-state index < -0.39 is 0 Å². The van der Waals surface area contributed by atoms with Crippen LogP contribution in [-0.2, 0) is 4.79 Å². The standard InChI is InChI=1S/C26H25N3O2/c1-20-14-16-21(17-15-20)24-19-25(29(28-24)22-9-4-2-5-10-22)27-26(30)13-8-18-31-23-11-6-3-7-12-23/h2-7,9-12,14-17,19H,8,13,18H2,1H3,(H,27,30). The Balaban J connectivity index is 1.45. The quantitative estimate of drug-likeness (QED) is 0.382. The molecule has 5 heteroatoms. The maximum Gasteiger partial charge on any atom is 0.225 e. The van der Waals surface area contributed by atoms with Gasteiger partial charge in [-0.25, -0.2) is 4.68 Å². The van der Waals surface area contributed by atoms with Gasteiger partial charge in [-0.05, 0) is 37.6 Å². The number of anilines is 1. The zero-order valence-corrected chi connectivity index (χ0v) is 17.5. The van der Waals surface area contributed by atoms with Crippen LogP contribution in [0.2, 0.25) is 0 Å². The highest BCUT2D eigenvalue weighted by Crippen LogP contribution is 2.25. The normalized spacial score (nSPS) is 10.6. The molecule has 5 nitrogen and oxygen atoms in total. The lowest BCUT2D eigenvalue weighted by Crippen LogP contribution is -2.15. The van der Waals surface area contributed by atoms with Crippen LogP contribution >= 0.6 is 0 Å². The Bertz CT molecular complexity index is 1120. The second kappa shape index (κ2) is 9.76. The SMILES string of the molecule is Cc1ccc(-c2cc(NC(=O)CCCOc3ccccc3)n(-c3ccccc3)n2)cc1. The van der Waals surface area contributed by atoms with Crippen LogP contribution in [0.15, 0.2) is 91.0 Å². The van der Waals surface area contributed by atoms with Crippen molar-refractivity contribution in [1.29, 1.82) is 0 Å². The number of amides is 1. The molecule has 156 valence electrons. The monoisotopic (exact) mass is 411 g/mol. The van der Waals surface area contributed by atoms with E-state index in [1.807, 2.05) is 78.9 Å². The van der Waals surface area contributed by atoms with Crippen LogP contribution in [-0.4, -0.2) is 22.3 Å². The van der Waals surface area contributed by atoms with Crippen molar-refractivity contribution in [3.8, 4) is 22.7 Å². The maximum absolute atomic E-state index is 12.6. The number of aromatic nitrogens is 2. The fourth-order valence-corrected chi connectivity index (χ4v) is 3.25. The number of hydrogen-bond acceptors (Lipinski definition) is 3. The van der Waals surface area contributed by atoms with Gasteiger partial charge in [-0.15, -0.1) is 0 Å². The number of rotatable bonds is 8. The van der Waals surface area contributed by atoms with E-state index in [0.29, 0.717) is 25.3 Å². The molecule has 0 atom stereocenters. The molecule has 0 aliphatic heterocycles. The summed E-state index contributed by atoms with van der Waals surface area (Å²) in [5.74, 6) is 1.40. The molecular weight excluding hydrogens is 386 g/mol. The van der Waals surface area contributed by atoms with Gasteiger partial charge in [-0.1, -0.05) is 66.2 Å². The van der Waals surface area contributed by atoms with E-state index >= 15 is 0 Å². The zero-order valence-electron chi connectivity index (χ0n) is 17.5. The first-order valence-corrected chi connectivity index (χ1v) is 10.4. The van der Waals surface area contributed by atoms with Gasteiger partial charge in [0.1, 0.15) is 11.6 Å². The van der Waals surface area contributed by atoms with Crippen LogP contribution in [0.25, 0.3) is 16.9 Å². The molecule has 31 heavy (non-hydrogen) atoms. The molecule has 3 aromatic carbocycles. The average molecular weight is 412 g/mol. The van der Waals surface area contributed by atoms with Gasteiger partial charge < -0.3 is 10.1 Å². The van der Waals surface area contributed by atoms with Gasteiger partial charge >= 0.3 is 0 Å². The Morgan fingerprint density at radius 2 is 1.61 bits per heavy atom. The molecule has 1 N–H and O–H groups in total. The van der Waals surface area contributed by atoms with Gasteiger partial charge in [-0.3, -0.25) is 4.79 Å². The zero-order chi connectivity index (χ0) is 21.5. The summed E-state index contributed by atoms with van der Waals surface area (Å²) in [7, 11) is 0. The summed E-state index contributed by atoms with van der Waals surface area (Å²) >= 11 is 0. The van der Waals surface area contributed by atoms with Crippen molar-refractivity contribution in [1.82, 2.24) is 9.78 Å². The van der Waals surface area contributed by atoms with Crippen molar-refractivity contribution < 1.29 is 9.53 Å². The number of carbonyl (C=O) groups excluding carboxylic acids is 1. The number of nitrogens with one attached hydrogen (secondary N) is 1. The highest BCUT2D eigenvalue weighted by Gasteiger charge is 2.14. The van der Waals surface area contributed by atoms with Crippen molar-refractivity contribution in [2.24, 2.45) is 0 Å². The summed E-state index contributed by atoms with van der Waals surface area (Å²) in [4.78, 5) is 12.6. The lowest BCUT2D eigenvalue weighted by Gasteiger charge is -2.09. The third-order valence-corrected chi connectivity index (χ3v) is 4.89. The Morgan fingerprint density at radius 1 is 0.935 bits per heavy atom. The third kappa shape index (κ3) is 5.39. The fourth-order valence-electron chi connectivity index (χ4n) is 3.25. The van der Waals surface area contributed by atoms with E-state index in [0.717, 1.165) is 22.7 Å². The lowest BCUT2D eigenvalue weighted by molar-refractivity contribution is -0.116. The average Bonchev–Trinajstić information content (AvgIpc) is 3.22. The van der Waals surface area contributed by atoms with E-state index in [4.69, 9.17) is 9.84 Å². The molecule has 0 radical (unpaired) electrons. The molecule has 0 aliphatic rings. The van der Waals surface area contributed by atoms with Gasteiger partial charge in [0.15, 0.2) is 0 Å². The van der Waals surface area contributed by atoms with E-state index in [1.54, 1.807) is 4.68 Å². The minimum atomic E-state index is -0.0656. The highest BCUT2D eigenvalue weighted by atomic mass is 16.5. The van der Waals surface area contributed by atoms with Crippen molar-refractivity contribution in [3.05, 3.63) is 96.6 Å². The largest absolute Gasteiger partial charge is 0.494 e. The minimum absolute atomic E-state index is 0.0656. The number of nitrogens with zero attached hydrogens (tertiary/aromatic N) is 2. The second-order valence-electron chi connectivity index (χ2n) is 7.34. The van der Waals surface area contributed by atoms with Crippen molar-refractivity contribution in [3.63, 3.8) is 0 Å². The van der Waals surface area contributed by atoms with Crippen LogP contribution in [0, 0.1) is 6.92 Å². The van der Waals surface area contributed by atoms with Crippen molar-refractivity contribution in [2.45, 2.75) is 19.8 Å². The summed E-state index contributed by atoms with van der Waals surface area (Å²) in [6, 6.07) is 29.5. The Morgan fingerprint density at radius 3 is 2.32 bits per heavy atom. The fraction of sp³-hybridized carbons (Fsp3) is 0.154. The van der Waals surface area contributed by atoms with Crippen molar-refractivity contribution in [2.75, 3.05) is 11.9 Å². The molecule has 0 bridgehead atoms. The summed E-state index contributed by atoms with van der Waals surface area (Å²) < 4.78 is 7.45. The topological polar surface area (TPSA) is 56.1 Å². The minimum Gasteiger partial charge on any atom is -0.494 e. The summed E-state index contributed by atoms with van der Waals surface area (Å²) in [5, 5.41) is 7.76. The molecule has 4 rings (SSSR count). The number of para-hydroxylation sites is 2. The molecule has 1 heterocycles. The Labute approximate surface area is 182 Å². The maximum atomic E-state index is 12.6. The van der Waals surface area contributed by atoms with Gasteiger partial charge in [0.25, 0.3) is 0 Å². The molecule has 0 fully saturated rings. The molecule has 0 unspecified atom stereocenters. The van der Waals surface area contributed by atoms with E-state index in [2.05, 4.69) is 24.4 Å². The van der Waals surface area contributed by atoms with Gasteiger partial charge in [-0.2, -0.15) is 5.10 Å². The first kappa shape index (κ1) is 20.4. The van der Waals surface area contributed by atoms with Gasteiger partial charge in [0, 0.05) is 18.1 Å². The number of ether oxygens (including phenoxy) is 1. The predicted octanol–water partition coefficient (Wildman–Crippen LogP) is 5.65. The molecule has 4 aromatic rings. The van der Waals surface area contributed by atoms with E-state index in [1.165, 1.54) is 5.56 Å². The van der Waals surface area contributed by atoms with Crippen LogP contribution in [0.4, 0.5) is 5.82 Å². The summed E-state index contributed by atoms with van der Waals surface area (Å²) in [6.07, 6.45) is 0.998. The smallest absolute Gasteiger partial charge is 0.225 e. The first-order chi connectivity index (χ1) is 15.2. The highest BCUT2D eigenvalue weighted by molar-refractivity contribution is 5.90. The molecule has 0 saturated carbocycles. The number of aryl methyl sites for hydroxylation is 1. The third-order valence-electron chi connectivity index (χ3n) is 4.89. The number of hydrogen-bond donors (Lipinski definition) is 1. The van der Waals surface area contributed by atoms with Gasteiger partial charge in [0.05, 0.1) is 18.0 Å². The van der Waals surface area contributed by atoms with Crippen LogP contribution in [0.5, 0.6) is 5.75 Å². The second-order valence-corrected chi connectivity index (χ2v) is 7.34. The Kier molecular flexibility index (Phi) is 6.43. The molecular formula is C26H25N3O2.